The number of aryl methyl sites for hydroxylation is 1. The number of imide groups is 1. The van der Waals surface area contributed by atoms with Gasteiger partial charge in [-0.1, -0.05) is 54.6 Å². The Balaban J connectivity index is 1.72. The van der Waals surface area contributed by atoms with E-state index >= 15 is 0 Å². The Morgan fingerprint density at radius 1 is 0.862 bits per heavy atom. The predicted molar refractivity (Wildman–Crippen MR) is 110 cm³/mol. The molecule has 0 aliphatic carbocycles. The van der Waals surface area contributed by atoms with Crippen LogP contribution < -0.4 is 5.32 Å². The van der Waals surface area contributed by atoms with Crippen molar-refractivity contribution < 1.29 is 14.0 Å². The van der Waals surface area contributed by atoms with E-state index in [0.29, 0.717) is 16.7 Å². The van der Waals surface area contributed by atoms with Gasteiger partial charge < -0.3 is 5.32 Å². The van der Waals surface area contributed by atoms with E-state index in [2.05, 4.69) is 5.32 Å². The molecule has 0 radical (unpaired) electrons. The Kier molecular flexibility index (Phi) is 4.96. The molecule has 0 fully saturated rings. The van der Waals surface area contributed by atoms with E-state index in [-0.39, 0.29) is 24.0 Å². The molecule has 1 aliphatic rings. The molecule has 3 aromatic carbocycles. The molecule has 1 aliphatic heterocycles. The number of carbonyl (C=O) groups excluding carboxylic acids is 2. The van der Waals surface area contributed by atoms with E-state index in [0.717, 1.165) is 11.3 Å². The minimum absolute atomic E-state index is 0.0767. The van der Waals surface area contributed by atoms with Crippen molar-refractivity contribution in [3.8, 4) is 0 Å². The van der Waals surface area contributed by atoms with E-state index in [1.165, 1.54) is 17.0 Å². The third-order valence-electron chi connectivity index (χ3n) is 4.77. The fraction of sp³-hybridized carbons (Fsp3) is 0.0833. The summed E-state index contributed by atoms with van der Waals surface area (Å²) in [5.41, 5.74) is 3.70. The van der Waals surface area contributed by atoms with Crippen molar-refractivity contribution in [1.29, 1.82) is 0 Å². The van der Waals surface area contributed by atoms with Crippen molar-refractivity contribution in [1.82, 2.24) is 4.90 Å². The zero-order valence-electron chi connectivity index (χ0n) is 15.9. The minimum Gasteiger partial charge on any atom is -0.350 e. The van der Waals surface area contributed by atoms with Crippen LogP contribution in [0.15, 0.2) is 84.6 Å². The van der Waals surface area contributed by atoms with Crippen LogP contribution in [0.25, 0.3) is 5.57 Å². The van der Waals surface area contributed by atoms with Crippen LogP contribution in [-0.2, 0) is 16.1 Å². The van der Waals surface area contributed by atoms with E-state index in [1.54, 1.807) is 24.3 Å². The SMILES string of the molecule is Cc1cccc(NC2=C(c3ccccc3)C(=O)N(Cc3ccc(F)cc3)C2=O)c1. The normalized spacial score (nSPS) is 13.9. The standard InChI is InChI=1S/C24H19FN2O2/c1-16-6-5-9-20(14-16)26-22-21(18-7-3-2-4-8-18)23(28)27(24(22)29)15-17-10-12-19(25)13-11-17/h2-14,26H,15H2,1H3. The van der Waals surface area contributed by atoms with E-state index in [9.17, 15) is 14.0 Å². The third kappa shape index (κ3) is 3.80. The average Bonchev–Trinajstić information content (AvgIpc) is 2.94. The second-order valence-corrected chi connectivity index (χ2v) is 6.93. The van der Waals surface area contributed by atoms with Gasteiger partial charge in [0.25, 0.3) is 11.8 Å². The van der Waals surface area contributed by atoms with Gasteiger partial charge in [-0.2, -0.15) is 0 Å². The van der Waals surface area contributed by atoms with E-state index < -0.39 is 5.91 Å². The highest BCUT2D eigenvalue weighted by atomic mass is 19.1. The van der Waals surface area contributed by atoms with Gasteiger partial charge in [0.2, 0.25) is 0 Å². The maximum atomic E-state index is 13.2. The maximum Gasteiger partial charge on any atom is 0.278 e. The molecule has 2 amide bonds. The lowest BCUT2D eigenvalue weighted by molar-refractivity contribution is -0.137. The van der Waals surface area contributed by atoms with Gasteiger partial charge in [-0.3, -0.25) is 14.5 Å². The van der Waals surface area contributed by atoms with Crippen LogP contribution in [0, 0.1) is 12.7 Å². The van der Waals surface area contributed by atoms with Crippen LogP contribution >= 0.6 is 0 Å². The molecule has 0 spiro atoms. The second kappa shape index (κ2) is 7.72. The van der Waals surface area contributed by atoms with Gasteiger partial charge >= 0.3 is 0 Å². The van der Waals surface area contributed by atoms with Crippen LogP contribution in [0.5, 0.6) is 0 Å². The molecular formula is C24H19FN2O2. The van der Waals surface area contributed by atoms with Crippen molar-refractivity contribution in [2.24, 2.45) is 0 Å². The molecule has 0 saturated heterocycles. The number of carbonyl (C=O) groups is 2. The zero-order chi connectivity index (χ0) is 20.4. The summed E-state index contributed by atoms with van der Waals surface area (Å²) in [5, 5.41) is 3.14. The summed E-state index contributed by atoms with van der Waals surface area (Å²) in [5.74, 6) is -1.14. The molecular weight excluding hydrogens is 367 g/mol. The van der Waals surface area contributed by atoms with Crippen molar-refractivity contribution in [3.05, 3.63) is 107 Å². The van der Waals surface area contributed by atoms with Crippen LogP contribution in [0.4, 0.5) is 10.1 Å². The lowest BCUT2D eigenvalue weighted by Crippen LogP contribution is -2.32. The molecule has 0 bridgehead atoms. The number of hydrogen-bond donors (Lipinski definition) is 1. The Bertz CT molecular complexity index is 1110. The molecule has 3 aromatic rings. The van der Waals surface area contributed by atoms with Gasteiger partial charge in [0, 0.05) is 5.69 Å². The van der Waals surface area contributed by atoms with E-state index in [4.69, 9.17) is 0 Å². The quantitative estimate of drug-likeness (QED) is 0.656. The summed E-state index contributed by atoms with van der Waals surface area (Å²) in [4.78, 5) is 27.5. The fourth-order valence-corrected chi connectivity index (χ4v) is 3.35. The highest BCUT2D eigenvalue weighted by molar-refractivity contribution is 6.36. The Morgan fingerprint density at radius 2 is 1.59 bits per heavy atom. The number of rotatable bonds is 5. The maximum absolute atomic E-state index is 13.2. The van der Waals surface area contributed by atoms with Gasteiger partial charge in [0.15, 0.2) is 0 Å². The molecule has 1 N–H and O–H groups in total. The Labute approximate surface area is 168 Å². The van der Waals surface area contributed by atoms with Crippen LogP contribution in [0.2, 0.25) is 0 Å². The van der Waals surface area contributed by atoms with Gasteiger partial charge in [0.1, 0.15) is 11.5 Å². The number of benzene rings is 3. The Morgan fingerprint density at radius 3 is 2.28 bits per heavy atom. The number of amides is 2. The first kappa shape index (κ1) is 18.6. The highest BCUT2D eigenvalue weighted by Gasteiger charge is 2.39. The smallest absolute Gasteiger partial charge is 0.278 e. The largest absolute Gasteiger partial charge is 0.350 e. The lowest BCUT2D eigenvalue weighted by atomic mass is 10.0. The first-order chi connectivity index (χ1) is 14.0. The van der Waals surface area contributed by atoms with Gasteiger partial charge in [0.05, 0.1) is 12.1 Å². The van der Waals surface area contributed by atoms with Crippen molar-refractivity contribution in [2.75, 3.05) is 5.32 Å². The number of nitrogens with zero attached hydrogens (tertiary/aromatic N) is 1. The summed E-state index contributed by atoms with van der Waals surface area (Å²) in [6.07, 6.45) is 0. The first-order valence-corrected chi connectivity index (χ1v) is 9.27. The lowest BCUT2D eigenvalue weighted by Gasteiger charge is -2.15. The molecule has 0 atom stereocenters. The van der Waals surface area contributed by atoms with Crippen LogP contribution in [0.3, 0.4) is 0 Å². The van der Waals surface area contributed by atoms with Gasteiger partial charge in [-0.25, -0.2) is 4.39 Å². The molecule has 5 heteroatoms. The summed E-state index contributed by atoms with van der Waals surface area (Å²) >= 11 is 0. The summed E-state index contributed by atoms with van der Waals surface area (Å²) in [7, 11) is 0. The first-order valence-electron chi connectivity index (χ1n) is 9.27. The monoisotopic (exact) mass is 386 g/mol. The van der Waals surface area contributed by atoms with Crippen molar-refractivity contribution in [3.63, 3.8) is 0 Å². The highest BCUT2D eigenvalue weighted by Crippen LogP contribution is 2.31. The number of anilines is 1. The second-order valence-electron chi connectivity index (χ2n) is 6.93. The summed E-state index contributed by atoms with van der Waals surface area (Å²) < 4.78 is 13.2. The molecule has 4 rings (SSSR count). The van der Waals surface area contributed by atoms with Gasteiger partial charge in [-0.15, -0.1) is 0 Å². The van der Waals surface area contributed by atoms with Gasteiger partial charge in [-0.05, 0) is 47.9 Å². The van der Waals surface area contributed by atoms with Crippen LogP contribution in [-0.4, -0.2) is 16.7 Å². The van der Waals surface area contributed by atoms with Crippen molar-refractivity contribution >= 4 is 23.1 Å². The Hall–Kier alpha value is -3.73. The average molecular weight is 386 g/mol. The fourth-order valence-electron chi connectivity index (χ4n) is 3.35. The topological polar surface area (TPSA) is 49.4 Å². The number of halogens is 1. The molecule has 29 heavy (non-hydrogen) atoms. The van der Waals surface area contributed by atoms with Crippen LogP contribution in [0.1, 0.15) is 16.7 Å². The van der Waals surface area contributed by atoms with Crippen molar-refractivity contribution in [2.45, 2.75) is 13.5 Å². The predicted octanol–water partition coefficient (Wildman–Crippen LogP) is 4.53. The molecule has 0 saturated carbocycles. The summed E-state index contributed by atoms with van der Waals surface area (Å²) in [6.45, 7) is 2.04. The number of hydrogen-bond acceptors (Lipinski definition) is 3. The minimum atomic E-state index is -0.403. The van der Waals surface area contributed by atoms with E-state index in [1.807, 2.05) is 49.4 Å². The molecule has 144 valence electrons. The molecule has 0 aromatic heterocycles. The zero-order valence-corrected chi connectivity index (χ0v) is 15.9. The molecule has 4 nitrogen and oxygen atoms in total. The molecule has 0 unspecified atom stereocenters. The third-order valence-corrected chi connectivity index (χ3v) is 4.77. The summed E-state index contributed by atoms with van der Waals surface area (Å²) in [6, 6.07) is 22.5. The molecule has 1 heterocycles. The number of nitrogens with one attached hydrogen (secondary N) is 1.